The van der Waals surface area contributed by atoms with Crippen LogP contribution in [-0.4, -0.2) is 25.5 Å². The van der Waals surface area contributed by atoms with Crippen molar-refractivity contribution in [3.05, 3.63) is 0 Å². The molecule has 0 aromatic heterocycles. The number of rotatable bonds is 1. The van der Waals surface area contributed by atoms with Crippen LogP contribution in [0.5, 0.6) is 0 Å². The maximum atomic E-state index is 3.95. The zero-order valence-electron chi connectivity index (χ0n) is 6.21. The molecule has 2 nitrogen and oxygen atoms in total. The first-order valence-electron chi connectivity index (χ1n) is 2.59. The topological polar surface area (TPSA) is 24.7 Å². The quantitative estimate of drug-likeness (QED) is 0.417. The van der Waals surface area contributed by atoms with Crippen molar-refractivity contribution < 1.29 is 16.5 Å². The second kappa shape index (κ2) is 5.96. The number of aliphatic imine (C=N–C) groups is 2. The van der Waals surface area contributed by atoms with Gasteiger partial charge in [-0.15, -0.1) is 0 Å². The predicted molar refractivity (Wildman–Crippen MR) is 38.1 cm³/mol. The van der Waals surface area contributed by atoms with Crippen molar-refractivity contribution in [2.75, 3.05) is 14.1 Å². The van der Waals surface area contributed by atoms with E-state index in [9.17, 15) is 0 Å². The molecule has 0 aromatic carbocycles. The Balaban J connectivity index is 0. The smallest absolute Gasteiger partial charge is 0.0520 e. The maximum Gasteiger partial charge on any atom is 0.0520 e. The molecular weight excluding hydrogens is 159 g/mol. The third-order valence-electron chi connectivity index (χ3n) is 1.19. The molecule has 0 amide bonds. The zero-order chi connectivity index (χ0) is 6.57. The molecule has 0 radical (unpaired) electrons. The molecule has 0 spiro atoms. The van der Waals surface area contributed by atoms with Crippen molar-refractivity contribution in [2.45, 2.75) is 13.8 Å². The third kappa shape index (κ3) is 4.34. The van der Waals surface area contributed by atoms with Crippen LogP contribution in [0.15, 0.2) is 9.98 Å². The van der Waals surface area contributed by atoms with Crippen LogP contribution in [0.2, 0.25) is 0 Å². The Hall–Kier alpha value is -0.166. The van der Waals surface area contributed by atoms with E-state index < -0.39 is 0 Å². The van der Waals surface area contributed by atoms with E-state index >= 15 is 0 Å². The van der Waals surface area contributed by atoms with Crippen LogP contribution < -0.4 is 0 Å². The second-order valence-corrected chi connectivity index (χ2v) is 1.62. The van der Waals surface area contributed by atoms with Gasteiger partial charge in [0.15, 0.2) is 0 Å². The van der Waals surface area contributed by atoms with Crippen LogP contribution >= 0.6 is 0 Å². The van der Waals surface area contributed by atoms with Crippen molar-refractivity contribution in [3.63, 3.8) is 0 Å². The van der Waals surface area contributed by atoms with Crippen molar-refractivity contribution in [2.24, 2.45) is 9.98 Å². The molecule has 0 fully saturated rings. The van der Waals surface area contributed by atoms with E-state index in [1.54, 1.807) is 14.1 Å². The Morgan fingerprint density at radius 2 is 1.11 bits per heavy atom. The first-order valence-corrected chi connectivity index (χ1v) is 2.59. The van der Waals surface area contributed by atoms with Gasteiger partial charge in [-0.3, -0.25) is 9.98 Å². The summed E-state index contributed by atoms with van der Waals surface area (Å²) < 4.78 is 0. The number of nitrogens with zero attached hydrogens (tertiary/aromatic N) is 2. The minimum atomic E-state index is 0. The van der Waals surface area contributed by atoms with E-state index in [1.165, 1.54) is 0 Å². The summed E-state index contributed by atoms with van der Waals surface area (Å²) in [6.45, 7) is 3.89. The van der Waals surface area contributed by atoms with E-state index in [1.807, 2.05) is 13.8 Å². The summed E-state index contributed by atoms with van der Waals surface area (Å²) in [6, 6.07) is 0. The van der Waals surface area contributed by atoms with Gasteiger partial charge in [0.25, 0.3) is 0 Å². The monoisotopic (exact) mass is 170 g/mol. The Labute approximate surface area is 66.4 Å². The number of hydrogen-bond acceptors (Lipinski definition) is 2. The maximum absolute atomic E-state index is 3.95. The average molecular weight is 171 g/mol. The van der Waals surface area contributed by atoms with Crippen LogP contribution in [-0.2, 0) is 16.5 Å². The molecule has 0 aromatic rings. The first-order chi connectivity index (χ1) is 3.72. The van der Waals surface area contributed by atoms with E-state index in [-0.39, 0.29) is 16.5 Å². The van der Waals surface area contributed by atoms with Gasteiger partial charge in [-0.05, 0) is 13.8 Å². The fourth-order valence-electron chi connectivity index (χ4n) is 0.324. The van der Waals surface area contributed by atoms with Gasteiger partial charge in [-0.1, -0.05) is 0 Å². The molecule has 56 valence electrons. The Morgan fingerprint density at radius 1 is 0.889 bits per heavy atom. The Kier molecular flexibility index (Phi) is 7.69. The van der Waals surface area contributed by atoms with Crippen LogP contribution in [0.3, 0.4) is 0 Å². The zero-order valence-corrected chi connectivity index (χ0v) is 7.20. The molecule has 0 rings (SSSR count). The Morgan fingerprint density at radius 3 is 1.22 bits per heavy atom. The van der Waals surface area contributed by atoms with Crippen molar-refractivity contribution in [1.82, 2.24) is 0 Å². The van der Waals surface area contributed by atoms with Crippen LogP contribution in [0.25, 0.3) is 0 Å². The average Bonchev–Trinajstić information content (AvgIpc) is 1.84. The summed E-state index contributed by atoms with van der Waals surface area (Å²) in [6.07, 6.45) is 0. The van der Waals surface area contributed by atoms with E-state index in [0.717, 1.165) is 11.4 Å². The van der Waals surface area contributed by atoms with Gasteiger partial charge >= 0.3 is 0 Å². The van der Waals surface area contributed by atoms with Crippen LogP contribution in [0, 0.1) is 0 Å². The summed E-state index contributed by atoms with van der Waals surface area (Å²) in [5, 5.41) is 0. The van der Waals surface area contributed by atoms with Crippen LogP contribution in [0.4, 0.5) is 0 Å². The number of hydrogen-bond donors (Lipinski definition) is 0. The third-order valence-corrected chi connectivity index (χ3v) is 1.19. The van der Waals surface area contributed by atoms with Crippen molar-refractivity contribution in [1.29, 1.82) is 0 Å². The normalized spacial score (nSPS) is 12.9. The van der Waals surface area contributed by atoms with E-state index in [2.05, 4.69) is 9.98 Å². The fourth-order valence-corrected chi connectivity index (χ4v) is 0.324. The standard InChI is InChI=1S/C6H12N2.Ni/c1-5(7-3)6(2)8-4;/h1-4H3;. The first kappa shape index (κ1) is 11.6. The molecule has 0 saturated carbocycles. The second-order valence-electron chi connectivity index (χ2n) is 1.62. The van der Waals surface area contributed by atoms with Gasteiger partial charge in [0, 0.05) is 30.6 Å². The molecule has 9 heavy (non-hydrogen) atoms. The molecule has 3 heteroatoms. The molecule has 0 N–H and O–H groups in total. The molecule has 0 heterocycles. The summed E-state index contributed by atoms with van der Waals surface area (Å²) in [4.78, 5) is 7.89. The van der Waals surface area contributed by atoms with Gasteiger partial charge in [0.05, 0.1) is 11.4 Å². The summed E-state index contributed by atoms with van der Waals surface area (Å²) >= 11 is 0. The van der Waals surface area contributed by atoms with E-state index in [4.69, 9.17) is 0 Å². The summed E-state index contributed by atoms with van der Waals surface area (Å²) in [5.74, 6) is 0. The molecule has 0 saturated heterocycles. The minimum absolute atomic E-state index is 0. The SMILES string of the molecule is CN=C(C)C(C)=NC.[Ni]. The molecule has 0 unspecified atom stereocenters. The summed E-state index contributed by atoms with van der Waals surface area (Å²) in [7, 11) is 3.54. The molecule has 0 bridgehead atoms. The van der Waals surface area contributed by atoms with Gasteiger partial charge in [0.1, 0.15) is 0 Å². The molecule has 0 aliphatic heterocycles. The van der Waals surface area contributed by atoms with Crippen molar-refractivity contribution >= 4 is 11.4 Å². The van der Waals surface area contributed by atoms with Crippen LogP contribution in [0.1, 0.15) is 13.8 Å². The van der Waals surface area contributed by atoms with E-state index in [0.29, 0.717) is 0 Å². The predicted octanol–water partition coefficient (Wildman–Crippen LogP) is 1.17. The fraction of sp³-hybridized carbons (Fsp3) is 0.667. The minimum Gasteiger partial charge on any atom is -0.292 e. The van der Waals surface area contributed by atoms with Gasteiger partial charge in [-0.2, -0.15) is 0 Å². The summed E-state index contributed by atoms with van der Waals surface area (Å²) in [5.41, 5.74) is 2.01. The molecule has 0 aliphatic rings. The molecule has 0 atom stereocenters. The molecular formula is C6H12N2Ni. The Bertz CT molecular complexity index is 111. The van der Waals surface area contributed by atoms with Crippen molar-refractivity contribution in [3.8, 4) is 0 Å². The molecule has 0 aliphatic carbocycles. The van der Waals surface area contributed by atoms with Gasteiger partial charge < -0.3 is 0 Å². The van der Waals surface area contributed by atoms with Gasteiger partial charge in [0.2, 0.25) is 0 Å². The van der Waals surface area contributed by atoms with Gasteiger partial charge in [-0.25, -0.2) is 0 Å². The largest absolute Gasteiger partial charge is 0.292 e.